The minimum absolute atomic E-state index is 0.0148. The first-order chi connectivity index (χ1) is 17.7. The first kappa shape index (κ1) is 33.5. The Hall–Kier alpha value is -2.57. The number of carbonyl (C=O) groups excluding carboxylic acids is 3. The zero-order valence-corrected chi connectivity index (χ0v) is 25.6. The van der Waals surface area contributed by atoms with E-state index in [4.69, 9.17) is 4.74 Å². The number of ether oxygens (including phenoxy) is 1. The topological polar surface area (TPSA) is 87.7 Å². The number of alkyl carbamates (subject to hydrolysis) is 1. The van der Waals surface area contributed by atoms with Gasteiger partial charge in [0.05, 0.1) is 0 Å². The SMILES string of the molecule is CCCCCN(C(=O)C(CC(C)C)NC(=O)OC(C)(C)C)C(C(=O)NC(C)CCC)c1cccc(C)c1C. The van der Waals surface area contributed by atoms with Gasteiger partial charge in [-0.3, -0.25) is 9.59 Å². The van der Waals surface area contributed by atoms with Crippen LogP contribution in [0.1, 0.15) is 117 Å². The summed E-state index contributed by atoms with van der Waals surface area (Å²) in [5.41, 5.74) is 2.18. The molecule has 38 heavy (non-hydrogen) atoms. The normalized spacial score (nSPS) is 14.0. The van der Waals surface area contributed by atoms with Gasteiger partial charge in [-0.05, 0) is 83.4 Å². The highest BCUT2D eigenvalue weighted by atomic mass is 16.6. The first-order valence-electron chi connectivity index (χ1n) is 14.4. The number of aryl methyl sites for hydroxylation is 1. The number of nitrogens with zero attached hydrogens (tertiary/aromatic N) is 1. The molecule has 3 unspecified atom stereocenters. The number of unbranched alkanes of at least 4 members (excludes halogenated alkanes) is 2. The average molecular weight is 532 g/mol. The lowest BCUT2D eigenvalue weighted by Gasteiger charge is -2.36. The molecule has 0 heterocycles. The highest BCUT2D eigenvalue weighted by Crippen LogP contribution is 2.29. The molecule has 7 nitrogen and oxygen atoms in total. The van der Waals surface area contributed by atoms with Crippen LogP contribution >= 0.6 is 0 Å². The summed E-state index contributed by atoms with van der Waals surface area (Å²) in [7, 11) is 0. The van der Waals surface area contributed by atoms with E-state index in [1.807, 2.05) is 52.8 Å². The molecule has 7 heteroatoms. The van der Waals surface area contributed by atoms with Crippen LogP contribution in [0, 0.1) is 19.8 Å². The molecule has 0 aliphatic rings. The van der Waals surface area contributed by atoms with Gasteiger partial charge in [-0.1, -0.05) is 65.2 Å². The molecule has 0 aromatic heterocycles. The summed E-state index contributed by atoms with van der Waals surface area (Å²) in [6.45, 7) is 20.0. The standard InChI is InChI=1S/C31H53N3O4/c1-11-13-14-19-34(29(36)26(20-21(3)4)33-30(37)38-31(8,9)10)27(28(35)32-23(6)16-12-2)25-18-15-17-22(5)24(25)7/h15,17-18,21,23,26-27H,11-14,16,19-20H2,1-10H3,(H,32,35)(H,33,37). The summed E-state index contributed by atoms with van der Waals surface area (Å²) in [5, 5.41) is 5.98. The van der Waals surface area contributed by atoms with Gasteiger partial charge in [0.25, 0.3) is 0 Å². The fourth-order valence-corrected chi connectivity index (χ4v) is 4.59. The van der Waals surface area contributed by atoms with Crippen LogP contribution in [0.5, 0.6) is 0 Å². The van der Waals surface area contributed by atoms with Crippen molar-refractivity contribution in [2.75, 3.05) is 6.54 Å². The Morgan fingerprint density at radius 3 is 2.18 bits per heavy atom. The van der Waals surface area contributed by atoms with E-state index in [0.29, 0.717) is 13.0 Å². The monoisotopic (exact) mass is 531 g/mol. The van der Waals surface area contributed by atoms with E-state index in [-0.39, 0.29) is 23.8 Å². The van der Waals surface area contributed by atoms with Crippen molar-refractivity contribution < 1.29 is 19.1 Å². The lowest BCUT2D eigenvalue weighted by molar-refractivity contribution is -0.143. The summed E-state index contributed by atoms with van der Waals surface area (Å²) in [6, 6.07) is 4.28. The first-order valence-corrected chi connectivity index (χ1v) is 14.4. The van der Waals surface area contributed by atoms with Gasteiger partial charge in [0.2, 0.25) is 11.8 Å². The number of amides is 3. The van der Waals surface area contributed by atoms with Crippen LogP contribution in [0.3, 0.4) is 0 Å². The molecule has 1 rings (SSSR count). The maximum atomic E-state index is 14.3. The second-order valence-corrected chi connectivity index (χ2v) is 12.0. The molecular weight excluding hydrogens is 478 g/mol. The Morgan fingerprint density at radius 2 is 1.63 bits per heavy atom. The molecule has 0 saturated heterocycles. The quantitative estimate of drug-likeness (QED) is 0.265. The van der Waals surface area contributed by atoms with Crippen LogP contribution in [-0.4, -0.2) is 47.0 Å². The van der Waals surface area contributed by atoms with Crippen molar-refractivity contribution in [3.63, 3.8) is 0 Å². The van der Waals surface area contributed by atoms with E-state index in [1.165, 1.54) is 0 Å². The minimum atomic E-state index is -0.806. The Bertz CT molecular complexity index is 907. The third kappa shape index (κ3) is 11.0. The maximum absolute atomic E-state index is 14.3. The summed E-state index contributed by atoms with van der Waals surface area (Å²) >= 11 is 0. The predicted octanol–water partition coefficient (Wildman–Crippen LogP) is 6.61. The molecule has 0 aliphatic carbocycles. The smallest absolute Gasteiger partial charge is 0.408 e. The molecule has 0 spiro atoms. The van der Waals surface area contributed by atoms with E-state index in [9.17, 15) is 14.4 Å². The van der Waals surface area contributed by atoms with Gasteiger partial charge < -0.3 is 20.3 Å². The number of carbonyl (C=O) groups is 3. The van der Waals surface area contributed by atoms with Crippen molar-refractivity contribution in [1.82, 2.24) is 15.5 Å². The summed E-state index contributed by atoms with van der Waals surface area (Å²) in [5.74, 6) is -0.302. The Morgan fingerprint density at radius 1 is 0.974 bits per heavy atom. The highest BCUT2D eigenvalue weighted by Gasteiger charge is 2.37. The molecule has 3 atom stereocenters. The van der Waals surface area contributed by atoms with Gasteiger partial charge in [0, 0.05) is 12.6 Å². The maximum Gasteiger partial charge on any atom is 0.408 e. The zero-order valence-electron chi connectivity index (χ0n) is 25.6. The number of benzene rings is 1. The van der Waals surface area contributed by atoms with Gasteiger partial charge >= 0.3 is 6.09 Å². The van der Waals surface area contributed by atoms with Gasteiger partial charge in [-0.15, -0.1) is 0 Å². The Balaban J connectivity index is 3.58. The van der Waals surface area contributed by atoms with Crippen molar-refractivity contribution in [2.45, 2.75) is 131 Å². The van der Waals surface area contributed by atoms with Crippen LogP contribution < -0.4 is 10.6 Å². The third-order valence-corrected chi connectivity index (χ3v) is 6.59. The molecule has 0 radical (unpaired) electrons. The minimum Gasteiger partial charge on any atom is -0.444 e. The molecule has 0 fully saturated rings. The van der Waals surface area contributed by atoms with Crippen LogP contribution in [-0.2, 0) is 14.3 Å². The van der Waals surface area contributed by atoms with Gasteiger partial charge in [0.1, 0.15) is 17.7 Å². The van der Waals surface area contributed by atoms with Crippen molar-refractivity contribution in [1.29, 1.82) is 0 Å². The molecule has 0 saturated carbocycles. The molecule has 2 N–H and O–H groups in total. The number of hydrogen-bond acceptors (Lipinski definition) is 4. The van der Waals surface area contributed by atoms with Crippen LogP contribution in [0.25, 0.3) is 0 Å². The molecular formula is C31H53N3O4. The van der Waals surface area contributed by atoms with Gasteiger partial charge in [0.15, 0.2) is 0 Å². The second kappa shape index (κ2) is 15.7. The van der Waals surface area contributed by atoms with E-state index in [2.05, 4.69) is 24.5 Å². The summed E-state index contributed by atoms with van der Waals surface area (Å²) < 4.78 is 5.49. The van der Waals surface area contributed by atoms with Crippen LogP contribution in [0.4, 0.5) is 4.79 Å². The molecule has 0 aliphatic heterocycles. The Kier molecular flexibility index (Phi) is 13.9. The largest absolute Gasteiger partial charge is 0.444 e. The molecule has 1 aromatic carbocycles. The average Bonchev–Trinajstić information content (AvgIpc) is 2.78. The van der Waals surface area contributed by atoms with Crippen molar-refractivity contribution in [3.8, 4) is 0 Å². The molecule has 3 amide bonds. The van der Waals surface area contributed by atoms with E-state index in [0.717, 1.165) is 48.8 Å². The van der Waals surface area contributed by atoms with Crippen molar-refractivity contribution in [2.24, 2.45) is 5.92 Å². The van der Waals surface area contributed by atoms with E-state index < -0.39 is 23.8 Å². The lowest BCUT2D eigenvalue weighted by atomic mass is 9.93. The van der Waals surface area contributed by atoms with Crippen LogP contribution in [0.15, 0.2) is 18.2 Å². The lowest BCUT2D eigenvalue weighted by Crippen LogP contribution is -2.54. The van der Waals surface area contributed by atoms with Crippen molar-refractivity contribution in [3.05, 3.63) is 34.9 Å². The second-order valence-electron chi connectivity index (χ2n) is 12.0. The third-order valence-electron chi connectivity index (χ3n) is 6.59. The fraction of sp³-hybridized carbons (Fsp3) is 0.710. The van der Waals surface area contributed by atoms with E-state index >= 15 is 0 Å². The Labute approximate surface area is 231 Å². The van der Waals surface area contributed by atoms with Crippen LogP contribution in [0.2, 0.25) is 0 Å². The molecule has 216 valence electrons. The van der Waals surface area contributed by atoms with E-state index in [1.54, 1.807) is 25.7 Å². The number of hydrogen-bond donors (Lipinski definition) is 2. The number of rotatable bonds is 14. The van der Waals surface area contributed by atoms with Gasteiger partial charge in [-0.25, -0.2) is 4.79 Å². The molecule has 1 aromatic rings. The zero-order chi connectivity index (χ0) is 29.0. The highest BCUT2D eigenvalue weighted by molar-refractivity contribution is 5.92. The summed E-state index contributed by atoms with van der Waals surface area (Å²) in [6.07, 6.45) is 4.30. The predicted molar refractivity (Wildman–Crippen MR) is 155 cm³/mol. The van der Waals surface area contributed by atoms with Gasteiger partial charge in [-0.2, -0.15) is 0 Å². The van der Waals surface area contributed by atoms with Crippen molar-refractivity contribution >= 4 is 17.9 Å². The number of nitrogens with one attached hydrogen (secondary N) is 2. The summed E-state index contributed by atoms with van der Waals surface area (Å²) in [4.78, 5) is 42.6. The fourth-order valence-electron chi connectivity index (χ4n) is 4.59. The molecule has 0 bridgehead atoms.